The van der Waals surface area contributed by atoms with Crippen LogP contribution in [0.4, 0.5) is 5.69 Å². The fourth-order valence-electron chi connectivity index (χ4n) is 1.44. The number of carbonyl (C=O) groups excluding carboxylic acids is 1. The number of carbonyl (C=O) groups is 1. The number of benzene rings is 1. The fraction of sp³-hybridized carbons (Fsp3) is 0.0769. The van der Waals surface area contributed by atoms with Crippen LogP contribution in [0.5, 0.6) is 0 Å². The fourth-order valence-corrected chi connectivity index (χ4v) is 1.62. The van der Waals surface area contributed by atoms with E-state index in [0.717, 1.165) is 5.56 Å². The molecule has 0 aliphatic carbocycles. The third kappa shape index (κ3) is 2.78. The molecule has 4 nitrogen and oxygen atoms in total. The average molecular weight is 263 g/mol. The number of anilines is 1. The Balaban J connectivity index is 2.16. The molecule has 2 rings (SSSR count). The van der Waals surface area contributed by atoms with E-state index in [4.69, 9.17) is 11.6 Å². The first-order chi connectivity index (χ1) is 8.56. The van der Waals surface area contributed by atoms with Gasteiger partial charge in [0.1, 0.15) is 0 Å². The van der Waals surface area contributed by atoms with Gasteiger partial charge < -0.3 is 10.5 Å². The smallest absolute Gasteiger partial charge is 0.256 e. The normalized spacial score (nSPS) is 10.1. The molecule has 2 aromatic rings. The van der Waals surface area contributed by atoms with Crippen LogP contribution in [0.15, 0.2) is 42.7 Å². The summed E-state index contributed by atoms with van der Waals surface area (Å²) in [6.45, 7) is 1.89. The molecular formula is C13H11ClN2O2. The summed E-state index contributed by atoms with van der Waals surface area (Å²) < 4.78 is 0.625. The molecule has 18 heavy (non-hydrogen) atoms. The molecule has 1 aromatic heterocycles. The van der Waals surface area contributed by atoms with Gasteiger partial charge in [-0.3, -0.25) is 4.79 Å². The molecule has 0 saturated carbocycles. The van der Waals surface area contributed by atoms with Gasteiger partial charge in [-0.05, 0) is 24.6 Å². The Kier molecular flexibility index (Phi) is 3.48. The number of rotatable bonds is 2. The molecule has 0 aliphatic heterocycles. The van der Waals surface area contributed by atoms with Crippen LogP contribution < -0.4 is 10.0 Å². The Labute approximate surface area is 109 Å². The molecule has 0 aliphatic rings. The van der Waals surface area contributed by atoms with Gasteiger partial charge in [-0.25, -0.2) is 0 Å². The zero-order valence-corrected chi connectivity index (χ0v) is 10.4. The zero-order chi connectivity index (χ0) is 13.1. The number of aryl methyl sites for hydroxylation is 1. The van der Waals surface area contributed by atoms with Crippen molar-refractivity contribution in [1.82, 2.24) is 0 Å². The summed E-state index contributed by atoms with van der Waals surface area (Å²) in [7, 11) is 0. The predicted octanol–water partition coefficient (Wildman–Crippen LogP) is 2.53. The van der Waals surface area contributed by atoms with E-state index in [1.54, 1.807) is 12.1 Å². The second kappa shape index (κ2) is 5.06. The minimum atomic E-state index is -0.282. The lowest BCUT2D eigenvalue weighted by Crippen LogP contribution is -2.25. The molecule has 1 N–H and O–H groups in total. The monoisotopic (exact) mass is 262 g/mol. The number of hydrogen-bond donors (Lipinski definition) is 1. The molecular weight excluding hydrogens is 252 g/mol. The van der Waals surface area contributed by atoms with Crippen LogP contribution in [0, 0.1) is 12.1 Å². The SMILES string of the molecule is Cc1ccc(NC(=O)c2cc[n+]([O-])cc2)cc1Cl. The van der Waals surface area contributed by atoms with E-state index >= 15 is 0 Å². The van der Waals surface area contributed by atoms with Gasteiger partial charge in [0.25, 0.3) is 5.91 Å². The minimum Gasteiger partial charge on any atom is -0.619 e. The zero-order valence-electron chi connectivity index (χ0n) is 9.68. The maximum Gasteiger partial charge on any atom is 0.256 e. The number of halogens is 1. The Morgan fingerprint density at radius 2 is 1.94 bits per heavy atom. The van der Waals surface area contributed by atoms with E-state index in [1.165, 1.54) is 24.5 Å². The summed E-state index contributed by atoms with van der Waals surface area (Å²) in [5.74, 6) is -0.282. The van der Waals surface area contributed by atoms with E-state index in [2.05, 4.69) is 5.32 Å². The molecule has 0 fully saturated rings. The van der Waals surface area contributed by atoms with Gasteiger partial charge >= 0.3 is 0 Å². The number of aromatic nitrogens is 1. The lowest BCUT2D eigenvalue weighted by molar-refractivity contribution is -0.605. The van der Waals surface area contributed by atoms with E-state index in [0.29, 0.717) is 21.0 Å². The van der Waals surface area contributed by atoms with Gasteiger partial charge in [0.05, 0.1) is 5.56 Å². The lowest BCUT2D eigenvalue weighted by atomic mass is 10.2. The van der Waals surface area contributed by atoms with E-state index in [1.807, 2.05) is 13.0 Å². The standard InChI is InChI=1S/C13H11ClN2O2/c1-9-2-3-11(8-12(9)14)15-13(17)10-4-6-16(18)7-5-10/h2-8H,1H3,(H,15,17). The molecule has 0 bridgehead atoms. The highest BCUT2D eigenvalue weighted by molar-refractivity contribution is 6.31. The van der Waals surface area contributed by atoms with Crippen molar-refractivity contribution < 1.29 is 9.52 Å². The van der Waals surface area contributed by atoms with Crippen molar-refractivity contribution in [2.24, 2.45) is 0 Å². The topological polar surface area (TPSA) is 56.0 Å². The van der Waals surface area contributed by atoms with E-state index in [9.17, 15) is 10.0 Å². The Hall–Kier alpha value is -2.07. The van der Waals surface area contributed by atoms with Crippen molar-refractivity contribution in [2.75, 3.05) is 5.32 Å². The maximum absolute atomic E-state index is 11.9. The quantitative estimate of drug-likeness (QED) is 0.668. The Bertz CT molecular complexity index is 582. The van der Waals surface area contributed by atoms with Crippen LogP contribution in [-0.2, 0) is 0 Å². The highest BCUT2D eigenvalue weighted by atomic mass is 35.5. The summed E-state index contributed by atoms with van der Waals surface area (Å²) in [4.78, 5) is 11.9. The lowest BCUT2D eigenvalue weighted by Gasteiger charge is -2.06. The van der Waals surface area contributed by atoms with Crippen molar-refractivity contribution >= 4 is 23.2 Å². The molecule has 92 valence electrons. The highest BCUT2D eigenvalue weighted by Crippen LogP contribution is 2.20. The van der Waals surface area contributed by atoms with Crippen molar-refractivity contribution in [1.29, 1.82) is 0 Å². The van der Waals surface area contributed by atoms with Crippen LogP contribution in [0.25, 0.3) is 0 Å². The highest BCUT2D eigenvalue weighted by Gasteiger charge is 2.07. The molecule has 0 radical (unpaired) electrons. The van der Waals surface area contributed by atoms with Crippen LogP contribution in [0.1, 0.15) is 15.9 Å². The summed E-state index contributed by atoms with van der Waals surface area (Å²) in [5.41, 5.74) is 1.98. The van der Waals surface area contributed by atoms with Crippen LogP contribution in [-0.4, -0.2) is 5.91 Å². The van der Waals surface area contributed by atoms with Crippen molar-refractivity contribution in [3.8, 4) is 0 Å². The van der Waals surface area contributed by atoms with E-state index in [-0.39, 0.29) is 5.91 Å². The average Bonchev–Trinajstić information content (AvgIpc) is 2.34. The third-order valence-electron chi connectivity index (χ3n) is 2.49. The van der Waals surface area contributed by atoms with Crippen molar-refractivity contribution in [3.05, 3.63) is 64.1 Å². The van der Waals surface area contributed by atoms with Gasteiger partial charge in [-0.1, -0.05) is 17.7 Å². The Morgan fingerprint density at radius 3 is 2.56 bits per heavy atom. The van der Waals surface area contributed by atoms with Crippen LogP contribution in [0.3, 0.4) is 0 Å². The number of nitrogens with zero attached hydrogens (tertiary/aromatic N) is 1. The molecule has 1 amide bonds. The first kappa shape index (κ1) is 12.4. The number of hydrogen-bond acceptors (Lipinski definition) is 2. The van der Waals surface area contributed by atoms with Gasteiger partial charge in [-0.15, -0.1) is 0 Å². The summed E-state index contributed by atoms with van der Waals surface area (Å²) in [5, 5.41) is 14.2. The Morgan fingerprint density at radius 1 is 1.28 bits per heavy atom. The molecule has 1 heterocycles. The summed E-state index contributed by atoms with van der Waals surface area (Å²) in [6, 6.07) is 8.20. The molecule has 0 spiro atoms. The molecule has 5 heteroatoms. The van der Waals surface area contributed by atoms with Crippen LogP contribution >= 0.6 is 11.6 Å². The number of pyridine rings is 1. The maximum atomic E-state index is 11.9. The molecule has 0 atom stereocenters. The predicted molar refractivity (Wildman–Crippen MR) is 69.5 cm³/mol. The first-order valence-corrected chi connectivity index (χ1v) is 5.70. The number of nitrogens with one attached hydrogen (secondary N) is 1. The molecule has 0 unspecified atom stereocenters. The van der Waals surface area contributed by atoms with Crippen LogP contribution in [0.2, 0.25) is 5.02 Å². The summed E-state index contributed by atoms with van der Waals surface area (Å²) >= 11 is 5.97. The summed E-state index contributed by atoms with van der Waals surface area (Å²) in [6.07, 6.45) is 2.55. The van der Waals surface area contributed by atoms with Gasteiger partial charge in [0.2, 0.25) is 0 Å². The first-order valence-electron chi connectivity index (χ1n) is 5.32. The third-order valence-corrected chi connectivity index (χ3v) is 2.90. The van der Waals surface area contributed by atoms with Crippen molar-refractivity contribution in [3.63, 3.8) is 0 Å². The van der Waals surface area contributed by atoms with Gasteiger partial charge in [0, 0.05) is 22.8 Å². The van der Waals surface area contributed by atoms with Gasteiger partial charge in [0.15, 0.2) is 12.4 Å². The minimum absolute atomic E-state index is 0.282. The second-order valence-corrected chi connectivity index (χ2v) is 4.27. The molecule has 0 saturated heterocycles. The van der Waals surface area contributed by atoms with E-state index < -0.39 is 0 Å². The largest absolute Gasteiger partial charge is 0.619 e. The second-order valence-electron chi connectivity index (χ2n) is 3.86. The number of amides is 1. The van der Waals surface area contributed by atoms with Gasteiger partial charge in [-0.2, -0.15) is 4.73 Å². The van der Waals surface area contributed by atoms with Crippen molar-refractivity contribution in [2.45, 2.75) is 6.92 Å². The molecule has 1 aromatic carbocycles.